The molecule has 0 bridgehead atoms. The zero-order valence-electron chi connectivity index (χ0n) is 26.2. The van der Waals surface area contributed by atoms with Gasteiger partial charge in [0.25, 0.3) is 0 Å². The van der Waals surface area contributed by atoms with Gasteiger partial charge in [0.2, 0.25) is 0 Å². The van der Waals surface area contributed by atoms with Gasteiger partial charge in [0.05, 0.1) is 18.1 Å². The molecule has 1 fully saturated rings. The van der Waals surface area contributed by atoms with E-state index in [1.807, 2.05) is 11.8 Å². The van der Waals surface area contributed by atoms with Crippen LogP contribution >= 0.6 is 23.4 Å². The lowest BCUT2D eigenvalue weighted by atomic mass is 9.85. The topological polar surface area (TPSA) is 52.6 Å². The third-order valence-electron chi connectivity index (χ3n) is 9.40. The molecule has 0 radical (unpaired) electrons. The lowest BCUT2D eigenvalue weighted by molar-refractivity contribution is -0.140. The largest absolute Gasteiger partial charge is 0.469 e. The molecular weight excluding hydrogens is 568 g/mol. The number of ether oxygens (including phenoxy) is 1. The lowest BCUT2D eigenvalue weighted by Gasteiger charge is -2.39. The average molecular weight is 619 g/mol. The number of unbranched alkanes of at least 4 members (excludes halogenated alkanes) is 1. The van der Waals surface area contributed by atoms with Gasteiger partial charge in [-0.2, -0.15) is 0 Å². The number of carbonyl (C=O) groups is 2. The summed E-state index contributed by atoms with van der Waals surface area (Å²) in [6.45, 7) is 13.7. The molecule has 1 saturated carbocycles. The predicted octanol–water partition coefficient (Wildman–Crippen LogP) is 9.47. The monoisotopic (exact) mass is 618 g/mol. The van der Waals surface area contributed by atoms with Crippen LogP contribution in [-0.2, 0) is 23.6 Å². The van der Waals surface area contributed by atoms with Gasteiger partial charge in [-0.1, -0.05) is 76.6 Å². The van der Waals surface area contributed by atoms with Gasteiger partial charge in [0, 0.05) is 29.4 Å². The molecule has 1 aliphatic heterocycles. The summed E-state index contributed by atoms with van der Waals surface area (Å²) in [5.74, 6) is 1.65. The number of Topliss-reactive ketones (excluding diaryl/α,β-unsaturated/α-hetero) is 1. The molecule has 41 heavy (non-hydrogen) atoms. The number of halogens is 1. The van der Waals surface area contributed by atoms with Crippen molar-refractivity contribution in [3.8, 4) is 0 Å². The van der Waals surface area contributed by atoms with E-state index < -0.39 is 8.32 Å². The van der Waals surface area contributed by atoms with Gasteiger partial charge in [-0.05, 0) is 73.7 Å². The first-order chi connectivity index (χ1) is 19.3. The maximum absolute atomic E-state index is 13.1. The summed E-state index contributed by atoms with van der Waals surface area (Å²) in [6.07, 6.45) is 14.9. The Morgan fingerprint density at radius 2 is 1.98 bits per heavy atom. The van der Waals surface area contributed by atoms with E-state index >= 15 is 0 Å². The van der Waals surface area contributed by atoms with E-state index in [1.165, 1.54) is 17.6 Å². The molecule has 7 heteroatoms. The molecule has 1 aliphatic carbocycles. The van der Waals surface area contributed by atoms with Crippen molar-refractivity contribution in [3.05, 3.63) is 54.1 Å². The van der Waals surface area contributed by atoms with Crippen LogP contribution < -0.4 is 0 Å². The number of methoxy groups -OCH3 is 1. The fourth-order valence-electron chi connectivity index (χ4n) is 5.72. The number of benzene rings is 1. The molecular formula is C34H51ClO4SSi. The maximum Gasteiger partial charge on any atom is 0.305 e. The summed E-state index contributed by atoms with van der Waals surface area (Å²) >= 11 is 9.12. The Balaban J connectivity index is 1.75. The number of allylic oxidation sites excluding steroid dienone is 3. The predicted molar refractivity (Wildman–Crippen MR) is 175 cm³/mol. The smallest absolute Gasteiger partial charge is 0.305 e. The Labute approximate surface area is 259 Å². The summed E-state index contributed by atoms with van der Waals surface area (Å²) in [7, 11) is -0.608. The van der Waals surface area contributed by atoms with E-state index in [4.69, 9.17) is 20.8 Å². The van der Waals surface area contributed by atoms with Crippen LogP contribution in [0.5, 0.6) is 0 Å². The van der Waals surface area contributed by atoms with Crippen molar-refractivity contribution in [1.29, 1.82) is 0 Å². The molecule has 4 nitrogen and oxygen atoms in total. The quantitative estimate of drug-likeness (QED) is 0.0683. The van der Waals surface area contributed by atoms with Crippen molar-refractivity contribution in [3.63, 3.8) is 0 Å². The Hall–Kier alpha value is -1.34. The molecule has 0 N–H and O–H groups in total. The molecule has 0 amide bonds. The number of fused-ring (bicyclic) bond motifs is 1. The molecule has 0 spiro atoms. The number of hydrogen-bond donors (Lipinski definition) is 0. The number of ketones is 1. The van der Waals surface area contributed by atoms with E-state index in [-0.39, 0.29) is 33.8 Å². The van der Waals surface area contributed by atoms with Crippen molar-refractivity contribution in [1.82, 2.24) is 0 Å². The Kier molecular flexibility index (Phi) is 12.4. The van der Waals surface area contributed by atoms with Gasteiger partial charge in [-0.25, -0.2) is 0 Å². The van der Waals surface area contributed by atoms with Crippen LogP contribution in [0.3, 0.4) is 0 Å². The Morgan fingerprint density at radius 3 is 2.66 bits per heavy atom. The van der Waals surface area contributed by atoms with Gasteiger partial charge in [0.1, 0.15) is 5.78 Å². The first-order valence-corrected chi connectivity index (χ1v) is 19.6. The van der Waals surface area contributed by atoms with Crippen molar-refractivity contribution < 1.29 is 18.8 Å². The molecule has 0 saturated heterocycles. The number of thioether (sulfide) groups is 1. The normalized spacial score (nSPS) is 25.8. The van der Waals surface area contributed by atoms with Crippen molar-refractivity contribution in [2.24, 2.45) is 17.8 Å². The number of rotatable bonds is 14. The Bertz CT molecular complexity index is 1090. The summed E-state index contributed by atoms with van der Waals surface area (Å²) in [5.41, 5.74) is 1.24. The van der Waals surface area contributed by atoms with Crippen LogP contribution in [0.4, 0.5) is 0 Å². The van der Waals surface area contributed by atoms with Crippen molar-refractivity contribution in [2.75, 3.05) is 12.9 Å². The summed E-state index contributed by atoms with van der Waals surface area (Å²) in [5, 5.41) is 0.101. The molecule has 2 aliphatic rings. The summed E-state index contributed by atoms with van der Waals surface area (Å²) < 4.78 is 11.7. The molecule has 1 heterocycles. The van der Waals surface area contributed by atoms with Crippen LogP contribution in [0.2, 0.25) is 18.1 Å². The number of carbonyl (C=O) groups excluding carboxylic acids is 2. The zero-order valence-corrected chi connectivity index (χ0v) is 28.8. The summed E-state index contributed by atoms with van der Waals surface area (Å²) in [4.78, 5) is 25.4. The molecule has 2 unspecified atom stereocenters. The van der Waals surface area contributed by atoms with E-state index in [2.05, 4.69) is 89.4 Å². The zero-order chi connectivity index (χ0) is 30.3. The molecule has 5 atom stereocenters. The van der Waals surface area contributed by atoms with Crippen molar-refractivity contribution >= 4 is 43.4 Å². The highest BCUT2D eigenvalue weighted by atomic mass is 35.5. The number of esters is 1. The molecule has 228 valence electrons. The minimum atomic E-state index is -2.03. The first kappa shape index (κ1) is 34.2. The van der Waals surface area contributed by atoms with Crippen LogP contribution in [0.15, 0.2) is 53.5 Å². The van der Waals surface area contributed by atoms with Gasteiger partial charge >= 0.3 is 5.97 Å². The van der Waals surface area contributed by atoms with E-state index in [1.54, 1.807) is 0 Å². The SMILES string of the molecule is CC[C@@H]1CC(=O)[C@H](C/C=C\CCCC(=O)OC)[C@H]1/C=C/C(CCC1(Cl)CSc2ccccc21)O[Si](C)(C)C(C)(C)C. The molecule has 1 aromatic rings. The lowest BCUT2D eigenvalue weighted by Crippen LogP contribution is -2.43. The van der Waals surface area contributed by atoms with Gasteiger partial charge in [-0.3, -0.25) is 9.59 Å². The first-order valence-electron chi connectivity index (χ1n) is 15.3. The van der Waals surface area contributed by atoms with Crippen LogP contribution in [0, 0.1) is 17.8 Å². The fraction of sp³-hybridized carbons (Fsp3) is 0.647. The average Bonchev–Trinajstić information content (AvgIpc) is 3.42. The Morgan fingerprint density at radius 1 is 1.24 bits per heavy atom. The second-order valence-corrected chi connectivity index (χ2v) is 19.8. The highest BCUT2D eigenvalue weighted by Gasteiger charge is 2.42. The second kappa shape index (κ2) is 14.9. The van der Waals surface area contributed by atoms with Crippen molar-refractivity contribution in [2.45, 2.75) is 113 Å². The van der Waals surface area contributed by atoms with E-state index in [0.717, 1.165) is 44.3 Å². The van der Waals surface area contributed by atoms with Gasteiger partial charge < -0.3 is 9.16 Å². The molecule has 1 aromatic carbocycles. The van der Waals surface area contributed by atoms with E-state index in [9.17, 15) is 9.59 Å². The third-order valence-corrected chi connectivity index (χ3v) is 15.9. The van der Waals surface area contributed by atoms with E-state index in [0.29, 0.717) is 24.5 Å². The minimum absolute atomic E-state index is 0.000874. The van der Waals surface area contributed by atoms with Gasteiger partial charge in [-0.15, -0.1) is 23.4 Å². The highest BCUT2D eigenvalue weighted by Crippen LogP contribution is 2.50. The molecule has 3 rings (SSSR count). The standard InChI is InChI=1S/C34H51ClO4SSi/c1-8-25-23-30(36)28(15-11-9-10-12-18-32(37)38-5)27(25)20-19-26(39-41(6,7)33(2,3)4)21-22-34(35)24-40-31-17-14-13-16-29(31)34/h9,11,13-14,16-17,19-20,25-28H,8,10,12,15,18,21-24H2,1-7H3/b11-9-,20-19+/t25-,26?,27+,28-,34?/m1/s1. The van der Waals surface area contributed by atoms with Gasteiger partial charge in [0.15, 0.2) is 8.32 Å². The minimum Gasteiger partial charge on any atom is -0.469 e. The van der Waals surface area contributed by atoms with Crippen LogP contribution in [-0.4, -0.2) is 39.0 Å². The highest BCUT2D eigenvalue weighted by molar-refractivity contribution is 7.99. The number of hydrogen-bond acceptors (Lipinski definition) is 5. The molecule has 0 aromatic heterocycles. The number of alkyl halides is 1. The van der Waals surface area contributed by atoms with Crippen LogP contribution in [0.25, 0.3) is 0 Å². The maximum atomic E-state index is 13.1. The third kappa shape index (κ3) is 9.07. The van der Waals surface area contributed by atoms with Crippen LogP contribution in [0.1, 0.15) is 84.6 Å². The summed E-state index contributed by atoms with van der Waals surface area (Å²) in [6, 6.07) is 8.51. The second-order valence-electron chi connectivity index (χ2n) is 13.3. The fourth-order valence-corrected chi connectivity index (χ4v) is 8.80.